The van der Waals surface area contributed by atoms with E-state index in [1.165, 1.54) is 4.80 Å². The first-order valence-electron chi connectivity index (χ1n) is 10.8. The Balaban J connectivity index is 1.19. The lowest BCUT2D eigenvalue weighted by molar-refractivity contribution is 0.0782. The van der Waals surface area contributed by atoms with Crippen LogP contribution in [-0.2, 0) is 12.8 Å². The number of amides is 1. The van der Waals surface area contributed by atoms with Gasteiger partial charge in [-0.05, 0) is 31.4 Å². The first kappa shape index (κ1) is 18.3. The highest BCUT2D eigenvalue weighted by molar-refractivity contribution is 5.97. The van der Waals surface area contributed by atoms with E-state index in [0.29, 0.717) is 42.1 Å². The Kier molecular flexibility index (Phi) is 4.15. The molecule has 2 saturated heterocycles. The highest BCUT2D eigenvalue weighted by Crippen LogP contribution is 2.34. The number of carbonyl (C=O) groups excluding carboxylic acids is 1. The smallest absolute Gasteiger partial charge is 0.256 e. The van der Waals surface area contributed by atoms with Gasteiger partial charge in [0, 0.05) is 43.6 Å². The van der Waals surface area contributed by atoms with Crippen molar-refractivity contribution in [2.24, 2.45) is 11.8 Å². The number of benzene rings is 1. The molecule has 9 heteroatoms. The monoisotopic (exact) mass is 417 g/mol. The van der Waals surface area contributed by atoms with Crippen molar-refractivity contribution in [2.45, 2.75) is 19.3 Å². The minimum Gasteiger partial charge on any atom is -0.342 e. The van der Waals surface area contributed by atoms with Crippen LogP contribution < -0.4 is 10.5 Å². The van der Waals surface area contributed by atoms with Gasteiger partial charge in [0.15, 0.2) is 0 Å². The van der Waals surface area contributed by atoms with Gasteiger partial charge in [-0.2, -0.15) is 15.0 Å². The molecule has 4 heterocycles. The largest absolute Gasteiger partial charge is 0.342 e. The summed E-state index contributed by atoms with van der Waals surface area (Å²) in [4.78, 5) is 39.0. The van der Waals surface area contributed by atoms with Crippen LogP contribution in [0.3, 0.4) is 0 Å². The fraction of sp³-hybridized carbons (Fsp3) is 0.409. The molecule has 6 rings (SSSR count). The van der Waals surface area contributed by atoms with Crippen LogP contribution in [-0.4, -0.2) is 61.9 Å². The van der Waals surface area contributed by atoms with Gasteiger partial charge >= 0.3 is 0 Å². The molecule has 1 aromatic carbocycles. The summed E-state index contributed by atoms with van der Waals surface area (Å²) in [7, 11) is 0. The van der Waals surface area contributed by atoms with Crippen molar-refractivity contribution in [3.63, 3.8) is 0 Å². The molecule has 1 N–H and O–H groups in total. The lowest BCUT2D eigenvalue weighted by Gasteiger charge is -2.23. The Morgan fingerprint density at radius 3 is 2.52 bits per heavy atom. The van der Waals surface area contributed by atoms with Crippen LogP contribution in [0.2, 0.25) is 0 Å². The molecule has 1 amide bonds. The lowest BCUT2D eigenvalue weighted by atomic mass is 10.0. The molecule has 2 atom stereocenters. The van der Waals surface area contributed by atoms with Crippen LogP contribution in [0.5, 0.6) is 0 Å². The molecule has 2 aliphatic heterocycles. The molecule has 0 saturated carbocycles. The second-order valence-corrected chi connectivity index (χ2v) is 8.64. The third-order valence-corrected chi connectivity index (χ3v) is 6.77. The van der Waals surface area contributed by atoms with Crippen LogP contribution in [0.1, 0.15) is 28.0 Å². The lowest BCUT2D eigenvalue weighted by Crippen LogP contribution is -2.35. The van der Waals surface area contributed by atoms with Crippen LogP contribution >= 0.6 is 0 Å². The molecule has 31 heavy (non-hydrogen) atoms. The molecule has 2 fully saturated rings. The average Bonchev–Trinajstić information content (AvgIpc) is 3.56. The SMILES string of the molecule is O=C(c1ccccc1-n1nccn1)N1CC2CN(c3nc4c(c(=O)[nH]3)CCC4)CC2C1. The summed E-state index contributed by atoms with van der Waals surface area (Å²) < 4.78 is 0. The molecule has 158 valence electrons. The van der Waals surface area contributed by atoms with E-state index in [1.807, 2.05) is 29.2 Å². The number of rotatable bonds is 3. The number of nitrogens with one attached hydrogen (secondary N) is 1. The van der Waals surface area contributed by atoms with Crippen LogP contribution in [0, 0.1) is 11.8 Å². The highest BCUT2D eigenvalue weighted by Gasteiger charge is 2.43. The van der Waals surface area contributed by atoms with Crippen molar-refractivity contribution in [1.82, 2.24) is 29.9 Å². The van der Waals surface area contributed by atoms with E-state index in [1.54, 1.807) is 12.4 Å². The molecule has 3 aromatic rings. The standard InChI is InChI=1S/C22H23N7O2/c30-20-16-5-3-6-18(16)25-22(26-20)28-12-14-10-27(11-15(14)13-28)21(31)17-4-1-2-7-19(17)29-23-8-9-24-29/h1-2,4,7-9,14-15H,3,5-6,10-13H2,(H,25,26,30). The van der Waals surface area contributed by atoms with Crippen molar-refractivity contribution in [3.05, 3.63) is 63.8 Å². The van der Waals surface area contributed by atoms with Crippen molar-refractivity contribution in [2.75, 3.05) is 31.1 Å². The Morgan fingerprint density at radius 2 is 1.74 bits per heavy atom. The second kappa shape index (κ2) is 7.04. The number of para-hydroxylation sites is 1. The Bertz CT molecular complexity index is 1190. The van der Waals surface area contributed by atoms with Crippen LogP contribution in [0.15, 0.2) is 41.5 Å². The number of fused-ring (bicyclic) bond motifs is 2. The molecule has 0 bridgehead atoms. The molecule has 3 aliphatic rings. The molecule has 2 unspecified atom stereocenters. The van der Waals surface area contributed by atoms with Gasteiger partial charge in [0.1, 0.15) is 0 Å². The number of anilines is 1. The quantitative estimate of drug-likeness (QED) is 0.684. The number of likely N-dealkylation sites (tertiary alicyclic amines) is 1. The van der Waals surface area contributed by atoms with Crippen LogP contribution in [0.25, 0.3) is 5.69 Å². The van der Waals surface area contributed by atoms with Crippen molar-refractivity contribution in [1.29, 1.82) is 0 Å². The number of hydrogen-bond donors (Lipinski definition) is 1. The zero-order chi connectivity index (χ0) is 20.9. The first-order valence-corrected chi connectivity index (χ1v) is 10.8. The number of aryl methyl sites for hydroxylation is 1. The number of aromatic amines is 1. The van der Waals surface area contributed by atoms with Crippen molar-refractivity contribution >= 4 is 11.9 Å². The summed E-state index contributed by atoms with van der Waals surface area (Å²) in [6.07, 6.45) is 5.93. The summed E-state index contributed by atoms with van der Waals surface area (Å²) in [5, 5.41) is 8.36. The molecular weight excluding hydrogens is 394 g/mol. The number of hydrogen-bond acceptors (Lipinski definition) is 6. The summed E-state index contributed by atoms with van der Waals surface area (Å²) in [5.74, 6) is 1.45. The Morgan fingerprint density at radius 1 is 1.00 bits per heavy atom. The zero-order valence-corrected chi connectivity index (χ0v) is 17.1. The van der Waals surface area contributed by atoms with E-state index in [9.17, 15) is 9.59 Å². The third kappa shape index (κ3) is 3.03. The normalized spacial score (nSPS) is 22.1. The average molecular weight is 417 g/mol. The maximum absolute atomic E-state index is 13.3. The summed E-state index contributed by atoms with van der Waals surface area (Å²) in [6.45, 7) is 3.02. The topological polar surface area (TPSA) is 100 Å². The maximum atomic E-state index is 13.3. The summed E-state index contributed by atoms with van der Waals surface area (Å²) in [6, 6.07) is 7.45. The number of nitrogens with zero attached hydrogens (tertiary/aromatic N) is 6. The summed E-state index contributed by atoms with van der Waals surface area (Å²) >= 11 is 0. The van der Waals surface area contributed by atoms with E-state index >= 15 is 0 Å². The number of carbonyl (C=O) groups is 1. The van der Waals surface area contributed by atoms with E-state index in [4.69, 9.17) is 4.98 Å². The maximum Gasteiger partial charge on any atom is 0.256 e. The molecular formula is C22H23N7O2. The Hall–Kier alpha value is -3.49. The summed E-state index contributed by atoms with van der Waals surface area (Å²) in [5.41, 5.74) is 3.12. The van der Waals surface area contributed by atoms with Gasteiger partial charge < -0.3 is 9.80 Å². The molecule has 0 spiro atoms. The van der Waals surface area contributed by atoms with E-state index < -0.39 is 0 Å². The minimum atomic E-state index is 0.00945. The minimum absolute atomic E-state index is 0.00945. The van der Waals surface area contributed by atoms with Gasteiger partial charge in [-0.15, -0.1) is 0 Å². The van der Waals surface area contributed by atoms with Gasteiger partial charge in [0.2, 0.25) is 5.95 Å². The van der Waals surface area contributed by atoms with E-state index in [0.717, 1.165) is 43.6 Å². The van der Waals surface area contributed by atoms with Gasteiger partial charge in [-0.1, -0.05) is 12.1 Å². The van der Waals surface area contributed by atoms with Crippen molar-refractivity contribution in [3.8, 4) is 5.69 Å². The van der Waals surface area contributed by atoms with Gasteiger partial charge in [0.25, 0.3) is 11.5 Å². The van der Waals surface area contributed by atoms with E-state index in [2.05, 4.69) is 20.1 Å². The van der Waals surface area contributed by atoms with Gasteiger partial charge in [-0.3, -0.25) is 14.6 Å². The van der Waals surface area contributed by atoms with E-state index in [-0.39, 0.29) is 11.5 Å². The fourth-order valence-corrected chi connectivity index (χ4v) is 5.25. The predicted octanol–water partition coefficient (Wildman–Crippen LogP) is 1.05. The predicted molar refractivity (Wildman–Crippen MR) is 113 cm³/mol. The number of H-pyrrole nitrogens is 1. The third-order valence-electron chi connectivity index (χ3n) is 6.77. The van der Waals surface area contributed by atoms with Crippen LogP contribution in [0.4, 0.5) is 5.95 Å². The zero-order valence-electron chi connectivity index (χ0n) is 17.1. The van der Waals surface area contributed by atoms with Crippen molar-refractivity contribution < 1.29 is 4.79 Å². The molecule has 1 aliphatic carbocycles. The van der Waals surface area contributed by atoms with Gasteiger partial charge in [-0.25, -0.2) is 4.98 Å². The number of aromatic nitrogens is 5. The second-order valence-electron chi connectivity index (χ2n) is 8.64. The highest BCUT2D eigenvalue weighted by atomic mass is 16.2. The fourth-order valence-electron chi connectivity index (χ4n) is 5.25. The Labute approximate surface area is 178 Å². The molecule has 9 nitrogen and oxygen atoms in total. The first-order chi connectivity index (χ1) is 15.2. The molecule has 2 aromatic heterocycles. The van der Waals surface area contributed by atoms with Gasteiger partial charge in [0.05, 0.1) is 29.3 Å². The molecule has 0 radical (unpaired) electrons.